The first-order valence-corrected chi connectivity index (χ1v) is 9.55. The molecule has 0 bridgehead atoms. The minimum atomic E-state index is -0.988. The van der Waals surface area contributed by atoms with Gasteiger partial charge in [-0.3, -0.25) is 14.4 Å². The van der Waals surface area contributed by atoms with E-state index in [4.69, 9.17) is 5.73 Å². The van der Waals surface area contributed by atoms with Gasteiger partial charge in [0.15, 0.2) is 0 Å². The number of primary amides is 1. The third-order valence-electron chi connectivity index (χ3n) is 5.54. The van der Waals surface area contributed by atoms with Crippen LogP contribution in [0.3, 0.4) is 0 Å². The Morgan fingerprint density at radius 2 is 1.81 bits per heavy atom. The summed E-state index contributed by atoms with van der Waals surface area (Å²) in [4.78, 5) is 40.3. The number of hydrogen-bond acceptors (Lipinski definition) is 5. The monoisotopic (exact) mass is 375 g/mol. The highest BCUT2D eigenvalue weighted by Gasteiger charge is 2.27. The molecule has 8 heteroatoms. The molecule has 2 aliphatic heterocycles. The van der Waals surface area contributed by atoms with Crippen LogP contribution in [0.25, 0.3) is 0 Å². The second-order valence-electron chi connectivity index (χ2n) is 7.25. The molecule has 0 aliphatic carbocycles. The fourth-order valence-electron chi connectivity index (χ4n) is 3.98. The number of aromatic nitrogens is 1. The van der Waals surface area contributed by atoms with Crippen molar-refractivity contribution in [2.24, 2.45) is 5.73 Å². The summed E-state index contributed by atoms with van der Waals surface area (Å²) in [6.07, 6.45) is 8.58. The van der Waals surface area contributed by atoms with Gasteiger partial charge >= 0.3 is 0 Å². The summed E-state index contributed by atoms with van der Waals surface area (Å²) >= 11 is 0. The number of aromatic hydroxyl groups is 1. The Morgan fingerprint density at radius 3 is 2.44 bits per heavy atom. The lowest BCUT2D eigenvalue weighted by Crippen LogP contribution is -2.48. The molecular weight excluding hydrogens is 348 g/mol. The predicted molar refractivity (Wildman–Crippen MR) is 100 cm³/mol. The lowest BCUT2D eigenvalue weighted by atomic mass is 10.00. The van der Waals surface area contributed by atoms with Gasteiger partial charge in [0.1, 0.15) is 11.3 Å². The minimum absolute atomic E-state index is 0.0320. The number of amides is 2. The van der Waals surface area contributed by atoms with Crippen molar-refractivity contribution in [3.05, 3.63) is 34.6 Å². The number of likely N-dealkylation sites (tertiary alicyclic amines) is 2. The molecule has 1 aromatic heterocycles. The van der Waals surface area contributed by atoms with Crippen molar-refractivity contribution >= 4 is 11.8 Å². The Kier molecular flexibility index (Phi) is 6.15. The predicted octanol–water partition coefficient (Wildman–Crippen LogP) is 0.334. The Bertz CT molecular complexity index is 747. The van der Waals surface area contributed by atoms with Crippen LogP contribution in [-0.2, 0) is 11.3 Å². The van der Waals surface area contributed by atoms with Gasteiger partial charge in [-0.2, -0.15) is 0 Å². The highest BCUT2D eigenvalue weighted by molar-refractivity contribution is 5.95. The van der Waals surface area contributed by atoms with E-state index in [2.05, 4.69) is 4.90 Å². The average Bonchev–Trinajstić information content (AvgIpc) is 2.68. The molecule has 1 aromatic rings. The quantitative estimate of drug-likeness (QED) is 0.771. The number of hydrogen-bond donors (Lipinski definition) is 2. The Balaban J connectivity index is 1.52. The molecule has 2 saturated heterocycles. The van der Waals surface area contributed by atoms with E-state index in [9.17, 15) is 19.5 Å². The summed E-state index contributed by atoms with van der Waals surface area (Å²) in [6, 6.07) is 1.79. The van der Waals surface area contributed by atoms with Gasteiger partial charge in [0.25, 0.3) is 11.5 Å². The number of carbonyl (C=O) groups is 2. The SMILES string of the molecule is NC(=O)c1c(O)ccn(C[CH]C(=O)N2CCC(N3CCCCC3)CC2)c1=O. The molecule has 27 heavy (non-hydrogen) atoms. The van der Waals surface area contributed by atoms with Gasteiger partial charge in [-0.05, 0) is 44.8 Å². The maximum atomic E-state index is 12.5. The molecule has 2 fully saturated rings. The maximum absolute atomic E-state index is 12.5. The van der Waals surface area contributed by atoms with Crippen LogP contribution in [0, 0.1) is 6.42 Å². The number of rotatable bonds is 5. The molecule has 1 radical (unpaired) electrons. The highest BCUT2D eigenvalue weighted by atomic mass is 16.3. The lowest BCUT2D eigenvalue weighted by molar-refractivity contribution is -0.129. The van der Waals surface area contributed by atoms with Crippen LogP contribution >= 0.6 is 0 Å². The number of nitrogens with two attached hydrogens (primary N) is 1. The summed E-state index contributed by atoms with van der Waals surface area (Å²) in [5, 5.41) is 9.60. The van der Waals surface area contributed by atoms with Crippen molar-refractivity contribution < 1.29 is 14.7 Å². The maximum Gasteiger partial charge on any atom is 0.267 e. The van der Waals surface area contributed by atoms with Crippen LogP contribution in [0.4, 0.5) is 0 Å². The van der Waals surface area contributed by atoms with Crippen molar-refractivity contribution in [3.8, 4) is 5.75 Å². The van der Waals surface area contributed by atoms with Crippen molar-refractivity contribution in [2.75, 3.05) is 26.2 Å². The standard InChI is InChI=1S/C19H27N4O4/c20-18(26)17-15(24)6-12-23(19(17)27)13-7-16(25)22-10-4-14(5-11-22)21-8-2-1-3-9-21/h6-7,12,14,24H,1-5,8-11,13H2,(H2,20,26). The van der Waals surface area contributed by atoms with E-state index in [1.54, 1.807) is 4.90 Å². The first kappa shape index (κ1) is 19.4. The molecule has 2 amide bonds. The smallest absolute Gasteiger partial charge is 0.267 e. The van der Waals surface area contributed by atoms with E-state index in [0.29, 0.717) is 19.1 Å². The number of piperidine rings is 2. The summed E-state index contributed by atoms with van der Waals surface area (Å²) in [5.41, 5.74) is 3.97. The second kappa shape index (κ2) is 8.56. The van der Waals surface area contributed by atoms with Gasteiger partial charge in [-0.15, -0.1) is 0 Å². The van der Waals surface area contributed by atoms with E-state index in [1.807, 2.05) is 0 Å². The molecule has 0 saturated carbocycles. The molecule has 0 spiro atoms. The third kappa shape index (κ3) is 4.50. The topological polar surface area (TPSA) is 109 Å². The number of carbonyl (C=O) groups excluding carboxylic acids is 2. The van der Waals surface area contributed by atoms with Crippen molar-refractivity contribution in [1.82, 2.24) is 14.4 Å². The van der Waals surface area contributed by atoms with E-state index in [-0.39, 0.29) is 12.5 Å². The Hall–Kier alpha value is -2.35. The molecule has 3 heterocycles. The third-order valence-corrected chi connectivity index (χ3v) is 5.54. The lowest BCUT2D eigenvalue weighted by Gasteiger charge is -2.40. The van der Waals surface area contributed by atoms with Gasteiger partial charge < -0.3 is 25.2 Å². The van der Waals surface area contributed by atoms with Crippen LogP contribution in [0.15, 0.2) is 17.1 Å². The number of pyridine rings is 1. The van der Waals surface area contributed by atoms with E-state index in [1.165, 1.54) is 42.5 Å². The minimum Gasteiger partial charge on any atom is -0.507 e. The van der Waals surface area contributed by atoms with E-state index in [0.717, 1.165) is 25.9 Å². The Morgan fingerprint density at radius 1 is 1.15 bits per heavy atom. The van der Waals surface area contributed by atoms with Crippen molar-refractivity contribution in [2.45, 2.75) is 44.7 Å². The van der Waals surface area contributed by atoms with Gasteiger partial charge in [-0.1, -0.05) is 6.42 Å². The molecule has 3 rings (SSSR count). The molecule has 147 valence electrons. The summed E-state index contributed by atoms with van der Waals surface area (Å²) < 4.78 is 1.19. The molecule has 0 atom stereocenters. The van der Waals surface area contributed by atoms with Gasteiger partial charge in [0.2, 0.25) is 5.91 Å². The first-order chi connectivity index (χ1) is 13.0. The van der Waals surface area contributed by atoms with Gasteiger partial charge in [-0.25, -0.2) is 0 Å². The zero-order chi connectivity index (χ0) is 19.4. The van der Waals surface area contributed by atoms with E-state index < -0.39 is 22.8 Å². The van der Waals surface area contributed by atoms with E-state index >= 15 is 0 Å². The van der Waals surface area contributed by atoms with Crippen LogP contribution in [0.5, 0.6) is 5.75 Å². The zero-order valence-corrected chi connectivity index (χ0v) is 15.5. The fourth-order valence-corrected chi connectivity index (χ4v) is 3.98. The molecule has 8 nitrogen and oxygen atoms in total. The number of nitrogens with zero attached hydrogens (tertiary/aromatic N) is 3. The fraction of sp³-hybridized carbons (Fsp3) is 0.579. The van der Waals surface area contributed by atoms with Crippen LogP contribution in [0.1, 0.15) is 42.5 Å². The van der Waals surface area contributed by atoms with Crippen molar-refractivity contribution in [3.63, 3.8) is 0 Å². The first-order valence-electron chi connectivity index (χ1n) is 9.55. The molecule has 0 unspecified atom stereocenters. The van der Waals surface area contributed by atoms with Crippen LogP contribution in [0.2, 0.25) is 0 Å². The second-order valence-corrected chi connectivity index (χ2v) is 7.25. The summed E-state index contributed by atoms with van der Waals surface area (Å²) in [5.74, 6) is -1.56. The molecule has 3 N–H and O–H groups in total. The molecular formula is C19H27N4O4. The normalized spacial score (nSPS) is 19.2. The zero-order valence-electron chi connectivity index (χ0n) is 15.5. The average molecular weight is 375 g/mol. The molecule has 0 aromatic carbocycles. The summed E-state index contributed by atoms with van der Waals surface area (Å²) in [6.45, 7) is 3.79. The van der Waals surface area contributed by atoms with Gasteiger partial charge in [0.05, 0.1) is 6.42 Å². The van der Waals surface area contributed by atoms with Crippen molar-refractivity contribution in [1.29, 1.82) is 0 Å². The molecule has 2 aliphatic rings. The summed E-state index contributed by atoms with van der Waals surface area (Å²) in [7, 11) is 0. The van der Waals surface area contributed by atoms with Gasteiger partial charge in [0, 0.05) is 31.9 Å². The largest absolute Gasteiger partial charge is 0.507 e. The Labute approximate surface area is 158 Å². The van der Waals surface area contributed by atoms with Crippen LogP contribution in [-0.4, -0.2) is 63.5 Å². The highest BCUT2D eigenvalue weighted by Crippen LogP contribution is 2.21. The van der Waals surface area contributed by atoms with Crippen LogP contribution < -0.4 is 11.3 Å².